The fourth-order valence-electron chi connectivity index (χ4n) is 3.67. The van der Waals surface area contributed by atoms with Gasteiger partial charge >= 0.3 is 5.97 Å². The first-order valence-corrected chi connectivity index (χ1v) is 11.8. The van der Waals surface area contributed by atoms with Crippen molar-refractivity contribution in [1.82, 2.24) is 5.32 Å². The number of anilines is 1. The van der Waals surface area contributed by atoms with Crippen LogP contribution in [0.15, 0.2) is 18.2 Å². The van der Waals surface area contributed by atoms with Gasteiger partial charge in [-0.2, -0.15) is 0 Å². The molecule has 1 aliphatic rings. The van der Waals surface area contributed by atoms with Crippen LogP contribution >= 0.6 is 22.9 Å². The van der Waals surface area contributed by atoms with Crippen molar-refractivity contribution >= 4 is 45.7 Å². The first-order chi connectivity index (χ1) is 15.3. The summed E-state index contributed by atoms with van der Waals surface area (Å²) in [6.07, 6.45) is 4.09. The number of hydrogen-bond acceptors (Lipinski definition) is 6. The van der Waals surface area contributed by atoms with Crippen LogP contribution in [0.1, 0.15) is 63.8 Å². The van der Waals surface area contributed by atoms with E-state index in [4.69, 9.17) is 21.1 Å². The van der Waals surface area contributed by atoms with Crippen LogP contribution in [0.5, 0.6) is 5.75 Å². The molecule has 0 radical (unpaired) electrons. The third-order valence-electron chi connectivity index (χ3n) is 5.27. The van der Waals surface area contributed by atoms with Crippen molar-refractivity contribution < 1.29 is 23.9 Å². The topological polar surface area (TPSA) is 93.7 Å². The number of ether oxygens (including phenoxy) is 2. The highest BCUT2D eigenvalue weighted by Gasteiger charge is 2.28. The SMILES string of the molecule is CCOC(=O)c1c(NC(=O)COc2ccc(Cl)cc2C)sc(C(=O)NC2CCCC2)c1C. The number of esters is 1. The summed E-state index contributed by atoms with van der Waals surface area (Å²) < 4.78 is 10.7. The number of rotatable bonds is 8. The number of halogens is 1. The van der Waals surface area contributed by atoms with Gasteiger partial charge in [0.1, 0.15) is 10.8 Å². The lowest BCUT2D eigenvalue weighted by Gasteiger charge is -2.11. The fraction of sp³-hybridized carbons (Fsp3) is 0.435. The molecule has 0 bridgehead atoms. The van der Waals surface area contributed by atoms with Gasteiger partial charge in [-0.1, -0.05) is 24.4 Å². The number of carbonyl (C=O) groups excluding carboxylic acids is 3. The van der Waals surface area contributed by atoms with Gasteiger partial charge in [0.25, 0.3) is 11.8 Å². The van der Waals surface area contributed by atoms with Gasteiger partial charge in [0.2, 0.25) is 0 Å². The summed E-state index contributed by atoms with van der Waals surface area (Å²) in [6, 6.07) is 5.25. The fourth-order valence-corrected chi connectivity index (χ4v) is 5.01. The lowest BCUT2D eigenvalue weighted by Crippen LogP contribution is -2.32. The third-order valence-corrected chi connectivity index (χ3v) is 6.71. The average Bonchev–Trinajstić information content (AvgIpc) is 3.35. The molecule has 1 fully saturated rings. The van der Waals surface area contributed by atoms with E-state index in [2.05, 4.69) is 10.6 Å². The van der Waals surface area contributed by atoms with Crippen LogP contribution in [-0.2, 0) is 9.53 Å². The second-order valence-corrected chi connectivity index (χ2v) is 9.14. The minimum Gasteiger partial charge on any atom is -0.483 e. The Kier molecular flexibility index (Phi) is 8.15. The van der Waals surface area contributed by atoms with E-state index in [0.29, 0.717) is 21.2 Å². The van der Waals surface area contributed by atoms with Crippen LogP contribution in [-0.4, -0.2) is 37.0 Å². The number of nitrogens with one attached hydrogen (secondary N) is 2. The molecule has 3 rings (SSSR count). The van der Waals surface area contributed by atoms with E-state index in [9.17, 15) is 14.4 Å². The van der Waals surface area contributed by atoms with Crippen LogP contribution < -0.4 is 15.4 Å². The molecule has 0 atom stereocenters. The zero-order chi connectivity index (χ0) is 23.3. The first-order valence-electron chi connectivity index (χ1n) is 10.6. The molecular weight excluding hydrogens is 452 g/mol. The molecule has 1 heterocycles. The maximum Gasteiger partial charge on any atom is 0.341 e. The number of carbonyl (C=O) groups is 3. The number of hydrogen-bond donors (Lipinski definition) is 2. The summed E-state index contributed by atoms with van der Waals surface area (Å²) >= 11 is 7.01. The van der Waals surface area contributed by atoms with Crippen LogP contribution in [0, 0.1) is 13.8 Å². The summed E-state index contributed by atoms with van der Waals surface area (Å²) in [5, 5.41) is 6.59. The molecule has 2 N–H and O–H groups in total. The van der Waals surface area contributed by atoms with Crippen molar-refractivity contribution in [3.05, 3.63) is 44.8 Å². The molecule has 0 spiro atoms. The molecule has 9 heteroatoms. The number of amides is 2. The van der Waals surface area contributed by atoms with Crippen molar-refractivity contribution in [3.8, 4) is 5.75 Å². The molecule has 0 unspecified atom stereocenters. The van der Waals surface area contributed by atoms with Crippen LogP contribution in [0.25, 0.3) is 0 Å². The molecule has 7 nitrogen and oxygen atoms in total. The highest BCUT2D eigenvalue weighted by Crippen LogP contribution is 2.34. The second kappa shape index (κ2) is 10.8. The monoisotopic (exact) mass is 478 g/mol. The molecule has 32 heavy (non-hydrogen) atoms. The molecule has 1 aromatic carbocycles. The Labute approximate surface area is 196 Å². The molecule has 2 aromatic rings. The van der Waals surface area contributed by atoms with Gasteiger partial charge in [-0.05, 0) is 62.9 Å². The number of aryl methyl sites for hydroxylation is 1. The lowest BCUT2D eigenvalue weighted by atomic mass is 10.1. The van der Waals surface area contributed by atoms with E-state index >= 15 is 0 Å². The highest BCUT2D eigenvalue weighted by atomic mass is 35.5. The van der Waals surface area contributed by atoms with Crippen LogP contribution in [0.2, 0.25) is 5.02 Å². The Morgan fingerprint density at radius 2 is 1.91 bits per heavy atom. The second-order valence-electron chi connectivity index (χ2n) is 7.68. The van der Waals surface area contributed by atoms with Crippen molar-refractivity contribution in [1.29, 1.82) is 0 Å². The summed E-state index contributed by atoms with van der Waals surface area (Å²) in [5.41, 5.74) is 1.49. The van der Waals surface area contributed by atoms with Crippen LogP contribution in [0.3, 0.4) is 0 Å². The summed E-state index contributed by atoms with van der Waals surface area (Å²) in [6.45, 7) is 5.15. The van der Waals surface area contributed by atoms with Gasteiger partial charge in [0.15, 0.2) is 6.61 Å². The van der Waals surface area contributed by atoms with Gasteiger partial charge in [0.05, 0.1) is 17.0 Å². The Morgan fingerprint density at radius 1 is 1.19 bits per heavy atom. The Morgan fingerprint density at radius 3 is 2.56 bits per heavy atom. The summed E-state index contributed by atoms with van der Waals surface area (Å²) in [4.78, 5) is 38.3. The normalized spacial score (nSPS) is 13.6. The van der Waals surface area contributed by atoms with Gasteiger partial charge in [0, 0.05) is 11.1 Å². The summed E-state index contributed by atoms with van der Waals surface area (Å²) in [5.74, 6) is -0.729. The predicted molar refractivity (Wildman–Crippen MR) is 125 cm³/mol. The third kappa shape index (κ3) is 5.81. The molecule has 1 saturated carbocycles. The van der Waals surface area contributed by atoms with E-state index in [-0.39, 0.29) is 35.7 Å². The first kappa shape index (κ1) is 24.1. The quantitative estimate of drug-likeness (QED) is 0.527. The van der Waals surface area contributed by atoms with E-state index in [0.717, 1.165) is 42.6 Å². The van der Waals surface area contributed by atoms with E-state index in [1.54, 1.807) is 32.0 Å². The maximum absolute atomic E-state index is 12.8. The van der Waals surface area contributed by atoms with E-state index in [1.807, 2.05) is 6.92 Å². The molecular formula is C23H27ClN2O5S. The largest absolute Gasteiger partial charge is 0.483 e. The van der Waals surface area contributed by atoms with Crippen molar-refractivity contribution in [3.63, 3.8) is 0 Å². The Bertz CT molecular complexity index is 1010. The molecule has 0 saturated heterocycles. The van der Waals surface area contributed by atoms with E-state index in [1.165, 1.54) is 0 Å². The highest BCUT2D eigenvalue weighted by molar-refractivity contribution is 7.18. The Hall–Kier alpha value is -2.58. The van der Waals surface area contributed by atoms with Crippen molar-refractivity contribution in [2.24, 2.45) is 0 Å². The minimum atomic E-state index is -0.578. The summed E-state index contributed by atoms with van der Waals surface area (Å²) in [7, 11) is 0. The molecule has 1 aromatic heterocycles. The number of thiophene rings is 1. The maximum atomic E-state index is 12.8. The smallest absolute Gasteiger partial charge is 0.341 e. The predicted octanol–water partition coefficient (Wildman–Crippen LogP) is 4.88. The molecule has 172 valence electrons. The lowest BCUT2D eigenvalue weighted by molar-refractivity contribution is -0.118. The standard InChI is InChI=1S/C23H27ClN2O5S/c1-4-30-23(29)19-14(3)20(21(28)25-16-7-5-6-8-16)32-22(19)26-18(27)12-31-17-10-9-15(24)11-13(17)2/h9-11,16H,4-8,12H2,1-3H3,(H,25,28)(H,26,27). The van der Waals surface area contributed by atoms with Gasteiger partial charge < -0.3 is 20.1 Å². The van der Waals surface area contributed by atoms with Gasteiger partial charge in [-0.3, -0.25) is 9.59 Å². The molecule has 1 aliphatic carbocycles. The van der Waals surface area contributed by atoms with Gasteiger partial charge in [-0.15, -0.1) is 11.3 Å². The zero-order valence-corrected chi connectivity index (χ0v) is 20.0. The van der Waals surface area contributed by atoms with E-state index < -0.39 is 11.9 Å². The van der Waals surface area contributed by atoms with Crippen molar-refractivity contribution in [2.75, 3.05) is 18.5 Å². The molecule has 2 amide bonds. The minimum absolute atomic E-state index is 0.143. The Balaban J connectivity index is 1.76. The van der Waals surface area contributed by atoms with Crippen LogP contribution in [0.4, 0.5) is 5.00 Å². The van der Waals surface area contributed by atoms with Crippen molar-refractivity contribution in [2.45, 2.75) is 52.5 Å². The molecule has 0 aliphatic heterocycles. The average molecular weight is 479 g/mol. The number of benzene rings is 1. The van der Waals surface area contributed by atoms with Gasteiger partial charge in [-0.25, -0.2) is 4.79 Å². The zero-order valence-electron chi connectivity index (χ0n) is 18.4.